The Kier molecular flexibility index (Phi) is 10.7. The number of anilines is 1. The Bertz CT molecular complexity index is 1070. The van der Waals surface area contributed by atoms with E-state index in [0.717, 1.165) is 30.1 Å². The number of ether oxygens (including phenoxy) is 1. The van der Waals surface area contributed by atoms with Gasteiger partial charge in [0.2, 0.25) is 5.91 Å². The van der Waals surface area contributed by atoms with Crippen LogP contribution in [0.25, 0.3) is 0 Å². The van der Waals surface area contributed by atoms with Crippen molar-refractivity contribution in [3.63, 3.8) is 0 Å². The molecule has 3 rings (SSSR count). The van der Waals surface area contributed by atoms with E-state index in [4.69, 9.17) is 14.6 Å². The first-order chi connectivity index (χ1) is 17.4. The number of rotatable bonds is 7. The molecule has 0 aromatic heterocycles. The Morgan fingerprint density at radius 1 is 1.05 bits per heavy atom. The summed E-state index contributed by atoms with van der Waals surface area (Å²) in [5, 5.41) is 10.4. The van der Waals surface area contributed by atoms with Gasteiger partial charge in [-0.15, -0.1) is 0 Å². The number of carbonyl (C=O) groups is 3. The minimum atomic E-state index is -5.08. The third-order valence-electron chi connectivity index (χ3n) is 5.44. The van der Waals surface area contributed by atoms with Crippen molar-refractivity contribution >= 4 is 23.5 Å². The lowest BCUT2D eigenvalue weighted by molar-refractivity contribution is -0.192. The number of amides is 2. The topological polar surface area (TPSA) is 102 Å². The van der Waals surface area contributed by atoms with Crippen LogP contribution in [0.1, 0.15) is 15.9 Å². The van der Waals surface area contributed by atoms with E-state index in [0.29, 0.717) is 25.2 Å². The molecule has 9 nitrogen and oxygen atoms in total. The number of piperazine rings is 1. The summed E-state index contributed by atoms with van der Waals surface area (Å²) in [6.45, 7) is 3.26. The van der Waals surface area contributed by atoms with E-state index in [-0.39, 0.29) is 18.4 Å². The Hall–Kier alpha value is -3.80. The average molecular weight is 525 g/mol. The number of aliphatic carboxylic acids is 1. The minimum Gasteiger partial charge on any atom is -0.497 e. The molecule has 0 atom stereocenters. The predicted molar refractivity (Wildman–Crippen MR) is 132 cm³/mol. The van der Waals surface area contributed by atoms with Gasteiger partial charge in [0.1, 0.15) is 12.3 Å². The Labute approximate surface area is 213 Å². The number of carboxylic acids is 1. The van der Waals surface area contributed by atoms with Crippen LogP contribution in [0.15, 0.2) is 48.5 Å². The first kappa shape index (κ1) is 29.4. The van der Waals surface area contributed by atoms with Gasteiger partial charge < -0.3 is 29.9 Å². The van der Waals surface area contributed by atoms with Gasteiger partial charge in [-0.05, 0) is 35.9 Å². The van der Waals surface area contributed by atoms with Gasteiger partial charge in [0, 0.05) is 58.1 Å². The quantitative estimate of drug-likeness (QED) is 0.574. The SMILES string of the molecule is COc1cccc(CN(CC(=O)N2CCNCC2)C(=O)c2cccc(N(C)C)c2)c1.O=C(O)C(F)(F)F. The molecule has 0 bridgehead atoms. The fourth-order valence-corrected chi connectivity index (χ4v) is 3.47. The van der Waals surface area contributed by atoms with E-state index in [9.17, 15) is 22.8 Å². The normalized spacial score (nSPS) is 13.2. The monoisotopic (exact) mass is 524 g/mol. The fraction of sp³-hybridized carbons (Fsp3) is 0.400. The molecule has 0 radical (unpaired) electrons. The number of nitrogens with one attached hydrogen (secondary N) is 1. The van der Waals surface area contributed by atoms with E-state index in [1.807, 2.05) is 66.4 Å². The smallest absolute Gasteiger partial charge is 0.490 e. The summed E-state index contributed by atoms with van der Waals surface area (Å²) < 4.78 is 37.0. The van der Waals surface area contributed by atoms with Crippen molar-refractivity contribution in [2.75, 3.05) is 58.8 Å². The molecule has 2 amide bonds. The summed E-state index contributed by atoms with van der Waals surface area (Å²) >= 11 is 0. The highest BCUT2D eigenvalue weighted by Crippen LogP contribution is 2.19. The third-order valence-corrected chi connectivity index (χ3v) is 5.44. The van der Waals surface area contributed by atoms with Crippen LogP contribution in [0.3, 0.4) is 0 Å². The molecule has 202 valence electrons. The van der Waals surface area contributed by atoms with Crippen molar-refractivity contribution in [3.8, 4) is 5.75 Å². The lowest BCUT2D eigenvalue weighted by atomic mass is 10.1. The second-order valence-corrected chi connectivity index (χ2v) is 8.39. The first-order valence-electron chi connectivity index (χ1n) is 11.4. The van der Waals surface area contributed by atoms with Crippen LogP contribution in [0.2, 0.25) is 0 Å². The minimum absolute atomic E-state index is 0.0310. The van der Waals surface area contributed by atoms with E-state index in [1.54, 1.807) is 18.1 Å². The highest BCUT2D eigenvalue weighted by Gasteiger charge is 2.38. The number of hydrogen-bond acceptors (Lipinski definition) is 6. The molecule has 0 unspecified atom stereocenters. The molecular weight excluding hydrogens is 493 g/mol. The van der Waals surface area contributed by atoms with Crippen molar-refractivity contribution in [1.29, 1.82) is 0 Å². The zero-order valence-electron chi connectivity index (χ0n) is 20.9. The van der Waals surface area contributed by atoms with Crippen LogP contribution >= 0.6 is 0 Å². The maximum absolute atomic E-state index is 13.4. The number of benzene rings is 2. The highest BCUT2D eigenvalue weighted by atomic mass is 19.4. The first-order valence-corrected chi connectivity index (χ1v) is 11.4. The predicted octanol–water partition coefficient (Wildman–Crippen LogP) is 2.47. The summed E-state index contributed by atoms with van der Waals surface area (Å²) in [5.74, 6) is -2.23. The maximum Gasteiger partial charge on any atom is 0.490 e. The van der Waals surface area contributed by atoms with Gasteiger partial charge in [-0.25, -0.2) is 4.79 Å². The van der Waals surface area contributed by atoms with Crippen molar-refractivity contribution in [3.05, 3.63) is 59.7 Å². The molecule has 0 aliphatic carbocycles. The number of carbonyl (C=O) groups excluding carboxylic acids is 2. The van der Waals surface area contributed by atoms with E-state index >= 15 is 0 Å². The van der Waals surface area contributed by atoms with Crippen LogP contribution in [-0.4, -0.2) is 92.8 Å². The standard InChI is InChI=1S/C23H30N4O3.C2HF3O2/c1-25(2)20-8-5-7-19(15-20)23(29)27(16-18-6-4-9-21(14-18)30-3)17-22(28)26-12-10-24-11-13-26;3-2(4,5)1(6)7/h4-9,14-15,24H,10-13,16-17H2,1-3H3;(H,6,7). The lowest BCUT2D eigenvalue weighted by Crippen LogP contribution is -2.50. The fourth-order valence-electron chi connectivity index (χ4n) is 3.47. The summed E-state index contributed by atoms with van der Waals surface area (Å²) in [5.41, 5.74) is 2.42. The summed E-state index contributed by atoms with van der Waals surface area (Å²) in [7, 11) is 5.49. The van der Waals surface area contributed by atoms with Gasteiger partial charge in [-0.2, -0.15) is 13.2 Å². The largest absolute Gasteiger partial charge is 0.497 e. The second kappa shape index (κ2) is 13.5. The third kappa shape index (κ3) is 9.30. The van der Waals surface area contributed by atoms with Gasteiger partial charge >= 0.3 is 12.1 Å². The molecule has 1 heterocycles. The second-order valence-electron chi connectivity index (χ2n) is 8.39. The molecule has 1 aliphatic rings. The van der Waals surface area contributed by atoms with Crippen LogP contribution in [-0.2, 0) is 16.1 Å². The number of halogens is 3. The van der Waals surface area contributed by atoms with Gasteiger partial charge in [0.05, 0.1) is 7.11 Å². The van der Waals surface area contributed by atoms with Gasteiger partial charge in [0.15, 0.2) is 0 Å². The lowest BCUT2D eigenvalue weighted by Gasteiger charge is -2.30. The van der Waals surface area contributed by atoms with Crippen LogP contribution < -0.4 is 15.0 Å². The molecule has 0 spiro atoms. The number of hydrogen-bond donors (Lipinski definition) is 2. The number of carboxylic acid groups (broad SMARTS) is 1. The van der Waals surface area contributed by atoms with Crippen molar-refractivity contribution in [1.82, 2.24) is 15.1 Å². The van der Waals surface area contributed by atoms with Gasteiger partial charge in [-0.3, -0.25) is 9.59 Å². The molecule has 2 N–H and O–H groups in total. The number of methoxy groups -OCH3 is 1. The zero-order valence-corrected chi connectivity index (χ0v) is 20.9. The maximum atomic E-state index is 13.4. The molecule has 0 saturated carbocycles. The molecule has 1 fully saturated rings. The molecule has 37 heavy (non-hydrogen) atoms. The van der Waals surface area contributed by atoms with Crippen molar-refractivity contribution in [2.45, 2.75) is 12.7 Å². The molecule has 2 aromatic rings. The number of alkyl halides is 3. The van der Waals surface area contributed by atoms with Crippen LogP contribution in [0, 0.1) is 0 Å². The van der Waals surface area contributed by atoms with E-state index < -0.39 is 12.1 Å². The van der Waals surface area contributed by atoms with Crippen molar-refractivity contribution in [2.24, 2.45) is 0 Å². The van der Waals surface area contributed by atoms with E-state index in [2.05, 4.69) is 5.32 Å². The molecule has 1 aliphatic heterocycles. The average Bonchev–Trinajstić information content (AvgIpc) is 2.88. The highest BCUT2D eigenvalue weighted by molar-refractivity contribution is 5.97. The van der Waals surface area contributed by atoms with E-state index in [1.165, 1.54) is 0 Å². The Morgan fingerprint density at radius 2 is 1.68 bits per heavy atom. The van der Waals surface area contributed by atoms with Gasteiger partial charge in [0.25, 0.3) is 5.91 Å². The molecule has 2 aromatic carbocycles. The molecular formula is C25H31F3N4O5. The summed E-state index contributed by atoms with van der Waals surface area (Å²) in [4.78, 5) is 40.6. The zero-order chi connectivity index (χ0) is 27.6. The Balaban J connectivity index is 0.000000604. The van der Waals surface area contributed by atoms with Crippen molar-refractivity contribution < 1.29 is 37.4 Å². The summed E-state index contributed by atoms with van der Waals surface area (Å²) in [6, 6.07) is 15.1. The van der Waals surface area contributed by atoms with Crippen LogP contribution in [0.4, 0.5) is 18.9 Å². The number of nitrogens with zero attached hydrogens (tertiary/aromatic N) is 3. The molecule has 12 heteroatoms. The Morgan fingerprint density at radius 3 is 2.24 bits per heavy atom. The van der Waals surface area contributed by atoms with Gasteiger partial charge in [-0.1, -0.05) is 18.2 Å². The molecule has 1 saturated heterocycles. The summed E-state index contributed by atoms with van der Waals surface area (Å²) in [6.07, 6.45) is -5.08. The van der Waals surface area contributed by atoms with Crippen LogP contribution in [0.5, 0.6) is 5.75 Å².